The summed E-state index contributed by atoms with van der Waals surface area (Å²) in [6, 6.07) is 5.49. The standard InChI is InChI=1S/C10H12BrClO2S/c11-8-1-2-9(12)10(7-8)14-4-3-13-5-6-15/h1-2,7,15H,3-6H2. The van der Waals surface area contributed by atoms with Gasteiger partial charge in [0.25, 0.3) is 0 Å². The average molecular weight is 312 g/mol. The van der Waals surface area contributed by atoms with Gasteiger partial charge in [0.05, 0.1) is 18.2 Å². The summed E-state index contributed by atoms with van der Waals surface area (Å²) in [7, 11) is 0. The Bertz CT molecular complexity index is 309. The van der Waals surface area contributed by atoms with Gasteiger partial charge >= 0.3 is 0 Å². The van der Waals surface area contributed by atoms with E-state index in [1.165, 1.54) is 0 Å². The van der Waals surface area contributed by atoms with E-state index in [-0.39, 0.29) is 0 Å². The van der Waals surface area contributed by atoms with E-state index < -0.39 is 0 Å². The van der Waals surface area contributed by atoms with Crippen LogP contribution in [0.3, 0.4) is 0 Å². The molecule has 0 spiro atoms. The maximum Gasteiger partial charge on any atom is 0.139 e. The third-order valence-corrected chi connectivity index (χ3v) is 2.60. The van der Waals surface area contributed by atoms with Gasteiger partial charge in [0.1, 0.15) is 12.4 Å². The summed E-state index contributed by atoms with van der Waals surface area (Å²) in [5.74, 6) is 1.39. The molecule has 0 radical (unpaired) electrons. The van der Waals surface area contributed by atoms with Gasteiger partial charge in [-0.2, -0.15) is 12.6 Å². The Labute approximate surface area is 108 Å². The zero-order chi connectivity index (χ0) is 11.1. The van der Waals surface area contributed by atoms with Crippen LogP contribution in [-0.4, -0.2) is 25.6 Å². The molecule has 84 valence electrons. The second kappa shape index (κ2) is 7.39. The number of hydrogen-bond acceptors (Lipinski definition) is 3. The summed E-state index contributed by atoms with van der Waals surface area (Å²) in [5, 5.41) is 0.604. The van der Waals surface area contributed by atoms with Crippen molar-refractivity contribution in [2.45, 2.75) is 0 Å². The van der Waals surface area contributed by atoms with E-state index in [1.807, 2.05) is 12.1 Å². The number of benzene rings is 1. The minimum absolute atomic E-state index is 0.490. The second-order valence-electron chi connectivity index (χ2n) is 2.76. The molecule has 0 saturated carbocycles. The van der Waals surface area contributed by atoms with Gasteiger partial charge in [-0.15, -0.1) is 0 Å². The van der Waals surface area contributed by atoms with Crippen molar-refractivity contribution in [3.05, 3.63) is 27.7 Å². The minimum Gasteiger partial charge on any atom is -0.490 e. The largest absolute Gasteiger partial charge is 0.490 e. The highest BCUT2D eigenvalue weighted by atomic mass is 79.9. The molecule has 0 unspecified atom stereocenters. The molecule has 0 aliphatic rings. The fourth-order valence-corrected chi connectivity index (χ4v) is 1.61. The molecule has 1 aromatic rings. The summed E-state index contributed by atoms with van der Waals surface area (Å²) in [6.07, 6.45) is 0. The Morgan fingerprint density at radius 1 is 1.27 bits per heavy atom. The fraction of sp³-hybridized carbons (Fsp3) is 0.400. The van der Waals surface area contributed by atoms with E-state index in [1.54, 1.807) is 6.07 Å². The summed E-state index contributed by atoms with van der Waals surface area (Å²) < 4.78 is 11.6. The Kier molecular flexibility index (Phi) is 6.48. The Morgan fingerprint density at radius 2 is 2.07 bits per heavy atom. The average Bonchev–Trinajstić information content (AvgIpc) is 2.23. The molecule has 0 atom stereocenters. The van der Waals surface area contributed by atoms with Crippen molar-refractivity contribution < 1.29 is 9.47 Å². The molecule has 1 aromatic carbocycles. The van der Waals surface area contributed by atoms with Gasteiger partial charge in [-0.25, -0.2) is 0 Å². The smallest absolute Gasteiger partial charge is 0.139 e. The van der Waals surface area contributed by atoms with E-state index in [4.69, 9.17) is 21.1 Å². The third kappa shape index (κ3) is 5.11. The lowest BCUT2D eigenvalue weighted by Gasteiger charge is -2.08. The number of hydrogen-bond donors (Lipinski definition) is 1. The molecule has 0 aliphatic heterocycles. The predicted molar refractivity (Wildman–Crippen MR) is 69.3 cm³/mol. The molecule has 0 N–H and O–H groups in total. The lowest BCUT2D eigenvalue weighted by molar-refractivity contribution is 0.112. The highest BCUT2D eigenvalue weighted by molar-refractivity contribution is 9.10. The molecule has 15 heavy (non-hydrogen) atoms. The SMILES string of the molecule is SCCOCCOc1cc(Br)ccc1Cl. The molecule has 0 fully saturated rings. The van der Waals surface area contributed by atoms with Crippen molar-refractivity contribution in [2.24, 2.45) is 0 Å². The molecular weight excluding hydrogens is 300 g/mol. The molecule has 0 aliphatic carbocycles. The summed E-state index contributed by atoms with van der Waals surface area (Å²) >= 11 is 13.3. The lowest BCUT2D eigenvalue weighted by atomic mass is 10.3. The summed E-state index contributed by atoms with van der Waals surface area (Å²) in [5.41, 5.74) is 0. The van der Waals surface area contributed by atoms with Crippen LogP contribution in [0.4, 0.5) is 0 Å². The van der Waals surface area contributed by atoms with E-state index in [9.17, 15) is 0 Å². The van der Waals surface area contributed by atoms with Crippen LogP contribution >= 0.6 is 40.2 Å². The van der Waals surface area contributed by atoms with Crippen LogP contribution in [0.2, 0.25) is 5.02 Å². The van der Waals surface area contributed by atoms with Gasteiger partial charge in [-0.05, 0) is 18.2 Å². The Morgan fingerprint density at radius 3 is 2.80 bits per heavy atom. The van der Waals surface area contributed by atoms with Crippen LogP contribution < -0.4 is 4.74 Å². The van der Waals surface area contributed by atoms with Crippen molar-refractivity contribution >= 4 is 40.2 Å². The fourth-order valence-electron chi connectivity index (χ4n) is 0.965. The van der Waals surface area contributed by atoms with Crippen molar-refractivity contribution in [3.8, 4) is 5.75 Å². The molecule has 0 saturated heterocycles. The van der Waals surface area contributed by atoms with E-state index in [0.29, 0.717) is 30.6 Å². The van der Waals surface area contributed by atoms with E-state index >= 15 is 0 Å². The van der Waals surface area contributed by atoms with Gasteiger partial charge < -0.3 is 9.47 Å². The third-order valence-electron chi connectivity index (χ3n) is 1.61. The number of ether oxygens (including phenoxy) is 2. The zero-order valence-electron chi connectivity index (χ0n) is 8.08. The zero-order valence-corrected chi connectivity index (χ0v) is 11.3. The molecule has 0 amide bonds. The number of halogens is 2. The first-order valence-corrected chi connectivity index (χ1v) is 6.31. The maximum absolute atomic E-state index is 5.94. The lowest BCUT2D eigenvalue weighted by Crippen LogP contribution is -2.08. The van der Waals surface area contributed by atoms with Crippen LogP contribution in [0.15, 0.2) is 22.7 Å². The molecule has 2 nitrogen and oxygen atoms in total. The van der Waals surface area contributed by atoms with Crippen LogP contribution in [0, 0.1) is 0 Å². The molecule has 0 bridgehead atoms. The first-order valence-electron chi connectivity index (χ1n) is 4.50. The minimum atomic E-state index is 0.490. The molecule has 0 aromatic heterocycles. The number of thiol groups is 1. The molecular formula is C10H12BrClO2S. The quantitative estimate of drug-likeness (QED) is 0.641. The number of rotatable bonds is 6. The highest BCUT2D eigenvalue weighted by Crippen LogP contribution is 2.27. The van der Waals surface area contributed by atoms with Gasteiger partial charge in [0.15, 0.2) is 0 Å². The Hall–Kier alpha value is 0.1000. The second-order valence-corrected chi connectivity index (χ2v) is 4.53. The van der Waals surface area contributed by atoms with Crippen LogP contribution in [-0.2, 0) is 4.74 Å². The van der Waals surface area contributed by atoms with Crippen molar-refractivity contribution in [2.75, 3.05) is 25.6 Å². The van der Waals surface area contributed by atoms with Gasteiger partial charge in [0, 0.05) is 10.2 Å². The monoisotopic (exact) mass is 310 g/mol. The highest BCUT2D eigenvalue weighted by Gasteiger charge is 2.01. The van der Waals surface area contributed by atoms with Crippen LogP contribution in [0.25, 0.3) is 0 Å². The predicted octanol–water partition coefficient (Wildman–Crippen LogP) is 3.43. The topological polar surface area (TPSA) is 18.5 Å². The molecule has 0 heterocycles. The summed E-state index contributed by atoms with van der Waals surface area (Å²) in [6.45, 7) is 1.67. The van der Waals surface area contributed by atoms with Crippen molar-refractivity contribution in [1.29, 1.82) is 0 Å². The Balaban J connectivity index is 2.33. The maximum atomic E-state index is 5.94. The van der Waals surface area contributed by atoms with Gasteiger partial charge in [-0.3, -0.25) is 0 Å². The van der Waals surface area contributed by atoms with Crippen LogP contribution in [0.5, 0.6) is 5.75 Å². The van der Waals surface area contributed by atoms with Gasteiger partial charge in [0.2, 0.25) is 0 Å². The van der Waals surface area contributed by atoms with Crippen molar-refractivity contribution in [3.63, 3.8) is 0 Å². The normalized spacial score (nSPS) is 10.3. The van der Waals surface area contributed by atoms with Gasteiger partial charge in [-0.1, -0.05) is 27.5 Å². The first kappa shape index (κ1) is 13.2. The van der Waals surface area contributed by atoms with Crippen LogP contribution in [0.1, 0.15) is 0 Å². The van der Waals surface area contributed by atoms with E-state index in [2.05, 4.69) is 28.6 Å². The molecule has 5 heteroatoms. The van der Waals surface area contributed by atoms with E-state index in [0.717, 1.165) is 10.2 Å². The molecule has 1 rings (SSSR count). The first-order chi connectivity index (χ1) is 7.24. The van der Waals surface area contributed by atoms with Crippen molar-refractivity contribution in [1.82, 2.24) is 0 Å². The summed E-state index contributed by atoms with van der Waals surface area (Å²) in [4.78, 5) is 0.